The van der Waals surface area contributed by atoms with Crippen LogP contribution in [0, 0.1) is 0 Å². The predicted molar refractivity (Wildman–Crippen MR) is 365 cm³/mol. The summed E-state index contributed by atoms with van der Waals surface area (Å²) in [7, 11) is 0. The van der Waals surface area contributed by atoms with Gasteiger partial charge in [0.15, 0.2) is 0 Å². The summed E-state index contributed by atoms with van der Waals surface area (Å²) in [6, 6.07) is 94.2. The van der Waals surface area contributed by atoms with E-state index in [-0.39, 0.29) is 28.4 Å². The first-order valence-electron chi connectivity index (χ1n) is 30.4. The maximum absolute atomic E-state index is 2.66. The highest BCUT2D eigenvalue weighted by molar-refractivity contribution is 7.00. The summed E-state index contributed by atoms with van der Waals surface area (Å²) < 4.78 is 0. The van der Waals surface area contributed by atoms with E-state index in [2.05, 4.69) is 340 Å². The van der Waals surface area contributed by atoms with Crippen molar-refractivity contribution in [3.8, 4) is 44.5 Å². The Morgan fingerprint density at radius 1 is 0.318 bits per heavy atom. The van der Waals surface area contributed by atoms with Crippen molar-refractivity contribution in [3.63, 3.8) is 0 Å². The van der Waals surface area contributed by atoms with Crippen LogP contribution in [-0.2, 0) is 21.7 Å². The molecule has 0 radical (unpaired) electrons. The lowest BCUT2D eigenvalue weighted by Gasteiger charge is -2.46. The maximum atomic E-state index is 2.66. The number of anilines is 9. The van der Waals surface area contributed by atoms with Crippen molar-refractivity contribution in [2.75, 3.05) is 14.7 Å². The molecule has 0 aromatic heterocycles. The van der Waals surface area contributed by atoms with Crippen molar-refractivity contribution in [2.24, 2.45) is 0 Å². The molecular formula is C81H74BN3. The van der Waals surface area contributed by atoms with Gasteiger partial charge in [-0.2, -0.15) is 0 Å². The van der Waals surface area contributed by atoms with Gasteiger partial charge in [0.05, 0.1) is 5.69 Å². The first kappa shape index (κ1) is 53.9. The van der Waals surface area contributed by atoms with Gasteiger partial charge >= 0.3 is 0 Å². The van der Waals surface area contributed by atoms with Crippen molar-refractivity contribution < 1.29 is 0 Å². The van der Waals surface area contributed by atoms with Crippen molar-refractivity contribution in [1.82, 2.24) is 0 Å². The van der Waals surface area contributed by atoms with Gasteiger partial charge in [-0.3, -0.25) is 0 Å². The van der Waals surface area contributed by atoms with Crippen LogP contribution in [0.4, 0.5) is 51.2 Å². The zero-order valence-electron chi connectivity index (χ0n) is 51.1. The highest BCUT2D eigenvalue weighted by Gasteiger charge is 2.46. The Balaban J connectivity index is 1.06. The largest absolute Gasteiger partial charge is 0.311 e. The lowest BCUT2D eigenvalue weighted by molar-refractivity contribution is 0.590. The van der Waals surface area contributed by atoms with E-state index in [1.807, 2.05) is 0 Å². The number of hydrogen-bond acceptors (Lipinski definition) is 3. The molecule has 0 N–H and O–H groups in total. The van der Waals surface area contributed by atoms with Gasteiger partial charge < -0.3 is 14.7 Å². The van der Waals surface area contributed by atoms with Gasteiger partial charge in [-0.15, -0.1) is 0 Å². The summed E-state index contributed by atoms with van der Waals surface area (Å²) in [5.41, 5.74) is 30.2. The monoisotopic (exact) mass is 1100 g/mol. The molecule has 11 aromatic carbocycles. The molecule has 1 aliphatic carbocycles. The number of benzene rings is 11. The molecule has 2 aliphatic heterocycles. The second-order valence-electron chi connectivity index (χ2n) is 27.5. The van der Waals surface area contributed by atoms with E-state index in [4.69, 9.17) is 0 Å². The molecule has 0 spiro atoms. The molecule has 85 heavy (non-hydrogen) atoms. The molecule has 0 saturated heterocycles. The second-order valence-corrected chi connectivity index (χ2v) is 27.5. The molecule has 0 unspecified atom stereocenters. The smallest absolute Gasteiger partial charge is 0.252 e. The van der Waals surface area contributed by atoms with E-state index >= 15 is 0 Å². The quantitative estimate of drug-likeness (QED) is 0.140. The van der Waals surface area contributed by atoms with Crippen LogP contribution in [0.15, 0.2) is 249 Å². The molecule has 0 amide bonds. The number of fused-ring (bicyclic) bond motifs is 7. The Kier molecular flexibility index (Phi) is 12.7. The Bertz CT molecular complexity index is 4290. The summed E-state index contributed by atoms with van der Waals surface area (Å²) >= 11 is 0. The summed E-state index contributed by atoms with van der Waals surface area (Å²) in [4.78, 5) is 7.74. The SMILES string of the molecule is CC(C)(C)c1ccc2c(c1)B1c3ccc(N(c4ccc(-c5ccccc5)cc4)c4ccc(-c5ccccc5)cc4)cc3N(c3ccc(C(C)(C)C)cc3-c3ccccc3)c3cc(C(C)(C)C)cc(c31)N2c1ccc2c(c1)C(C)(C)c1ccccc1-2. The van der Waals surface area contributed by atoms with E-state index in [0.717, 1.165) is 28.4 Å². The average molecular weight is 1100 g/mol. The first-order valence-corrected chi connectivity index (χ1v) is 30.4. The highest BCUT2D eigenvalue weighted by Crippen LogP contribution is 2.54. The van der Waals surface area contributed by atoms with E-state index in [9.17, 15) is 0 Å². The molecule has 3 nitrogen and oxygen atoms in total. The van der Waals surface area contributed by atoms with Crippen molar-refractivity contribution >= 4 is 74.3 Å². The normalized spacial score (nSPS) is 13.8. The fraction of sp³-hybridized carbons (Fsp3) is 0.185. The fourth-order valence-electron chi connectivity index (χ4n) is 13.8. The minimum Gasteiger partial charge on any atom is -0.311 e. The van der Waals surface area contributed by atoms with Crippen LogP contribution in [0.5, 0.6) is 0 Å². The van der Waals surface area contributed by atoms with Crippen molar-refractivity contribution in [1.29, 1.82) is 0 Å². The molecule has 0 atom stereocenters. The van der Waals surface area contributed by atoms with E-state index in [1.54, 1.807) is 0 Å². The van der Waals surface area contributed by atoms with Gasteiger partial charge in [0.2, 0.25) is 0 Å². The number of nitrogens with zero attached hydrogens (tertiary/aromatic N) is 3. The Hall–Kier alpha value is -9.12. The third-order valence-electron chi connectivity index (χ3n) is 18.5. The molecular weight excluding hydrogens is 1030 g/mol. The minimum absolute atomic E-state index is 0.0845. The van der Waals surface area contributed by atoms with Gasteiger partial charge in [0, 0.05) is 56.5 Å². The topological polar surface area (TPSA) is 9.72 Å². The van der Waals surface area contributed by atoms with E-state index in [0.29, 0.717) is 0 Å². The van der Waals surface area contributed by atoms with Crippen LogP contribution in [0.2, 0.25) is 0 Å². The lowest BCUT2D eigenvalue weighted by atomic mass is 9.33. The first-order chi connectivity index (χ1) is 40.8. The van der Waals surface area contributed by atoms with Crippen molar-refractivity contribution in [3.05, 3.63) is 277 Å². The summed E-state index contributed by atoms with van der Waals surface area (Å²) in [5, 5.41) is 0. The van der Waals surface area contributed by atoms with Gasteiger partial charge in [0.1, 0.15) is 0 Å². The molecule has 0 saturated carbocycles. The molecule has 11 aromatic rings. The minimum atomic E-state index is -0.203. The van der Waals surface area contributed by atoms with Crippen LogP contribution < -0.4 is 31.1 Å². The Morgan fingerprint density at radius 2 is 0.800 bits per heavy atom. The number of rotatable bonds is 8. The van der Waals surface area contributed by atoms with Crippen LogP contribution in [0.3, 0.4) is 0 Å². The van der Waals surface area contributed by atoms with E-state index < -0.39 is 0 Å². The molecule has 4 heteroatoms. The second kappa shape index (κ2) is 20.0. The van der Waals surface area contributed by atoms with Gasteiger partial charge in [-0.25, -0.2) is 0 Å². The fourth-order valence-corrected chi connectivity index (χ4v) is 13.8. The maximum Gasteiger partial charge on any atom is 0.252 e. The Labute approximate surface area is 505 Å². The highest BCUT2D eigenvalue weighted by atomic mass is 15.2. The zero-order chi connectivity index (χ0) is 58.7. The van der Waals surface area contributed by atoms with Crippen LogP contribution in [0.1, 0.15) is 104 Å². The predicted octanol–water partition coefficient (Wildman–Crippen LogP) is 20.4. The third kappa shape index (κ3) is 9.21. The molecule has 0 bridgehead atoms. The molecule has 2 heterocycles. The number of hydrogen-bond donors (Lipinski definition) is 0. The van der Waals surface area contributed by atoms with Crippen LogP contribution in [0.25, 0.3) is 44.5 Å². The summed E-state index contributed by atoms with van der Waals surface area (Å²) in [5.74, 6) is 0. The van der Waals surface area contributed by atoms with Gasteiger partial charge in [0.25, 0.3) is 6.71 Å². The molecule has 0 fully saturated rings. The van der Waals surface area contributed by atoms with Crippen molar-refractivity contribution in [2.45, 2.75) is 97.8 Å². The van der Waals surface area contributed by atoms with Crippen LogP contribution in [-0.4, -0.2) is 6.71 Å². The summed E-state index contributed by atoms with van der Waals surface area (Å²) in [6.07, 6.45) is 0. The Morgan fingerprint density at radius 3 is 1.38 bits per heavy atom. The lowest BCUT2D eigenvalue weighted by Crippen LogP contribution is -2.61. The van der Waals surface area contributed by atoms with Gasteiger partial charge in [-0.1, -0.05) is 246 Å². The molecule has 3 aliphatic rings. The molecule has 14 rings (SSSR count). The zero-order valence-corrected chi connectivity index (χ0v) is 51.1. The third-order valence-corrected chi connectivity index (χ3v) is 18.5. The average Bonchev–Trinajstić information content (AvgIpc) is 1.09. The standard InChI is InChI=1S/C81H74BN3/c1-78(2,3)58-35-45-72(67(47-58)57-27-19-14-20-28-57)85-74-52-64(83(61-37-31-55(32-38-61)53-23-15-12-16-24-53)62-39-33-56(34-40-62)54-25-17-13-18-26-54)42-44-70(74)82-71-48-59(79(4,5)6)36-46-73(71)84(75-49-60(80(7,8)9)50-76(85)77(75)82)63-41-43-66-65-29-21-22-30-68(65)81(10,11)69(66)51-63/h12-52H,1-11H3. The molecule has 416 valence electrons. The van der Waals surface area contributed by atoms with Crippen LogP contribution >= 0.6 is 0 Å². The van der Waals surface area contributed by atoms with E-state index in [1.165, 1.54) is 111 Å². The summed E-state index contributed by atoms with van der Waals surface area (Å²) in [6.45, 7) is 25.9. The van der Waals surface area contributed by atoms with Gasteiger partial charge in [-0.05, 0) is 178 Å².